The van der Waals surface area contributed by atoms with E-state index < -0.39 is 12.0 Å². The van der Waals surface area contributed by atoms with E-state index in [1.165, 1.54) is 0 Å². The van der Waals surface area contributed by atoms with E-state index in [0.29, 0.717) is 0 Å². The topological polar surface area (TPSA) is 66.6 Å². The highest BCUT2D eigenvalue weighted by atomic mass is 16.3. The van der Waals surface area contributed by atoms with Crippen molar-refractivity contribution in [2.75, 3.05) is 18.5 Å². The molecule has 82 valence electrons. The Morgan fingerprint density at radius 1 is 1.53 bits per heavy atom. The Labute approximate surface area is 89.3 Å². The lowest BCUT2D eigenvalue weighted by Gasteiger charge is -2.22. The summed E-state index contributed by atoms with van der Waals surface area (Å²) in [5.74, 6) is -0.391. The monoisotopic (exact) mass is 208 g/mol. The Kier molecular flexibility index (Phi) is 3.68. The predicted molar refractivity (Wildman–Crippen MR) is 59.5 cm³/mol. The average Bonchev–Trinajstić information content (AvgIpc) is 2.16. The van der Waals surface area contributed by atoms with Crippen LogP contribution in [-0.4, -0.2) is 24.6 Å². The molecule has 1 atom stereocenters. The first-order valence-corrected chi connectivity index (χ1v) is 4.78. The van der Waals surface area contributed by atoms with E-state index in [0.717, 1.165) is 11.3 Å². The fourth-order valence-corrected chi connectivity index (χ4v) is 1.51. The molecule has 0 aliphatic carbocycles. The molecule has 1 unspecified atom stereocenters. The summed E-state index contributed by atoms with van der Waals surface area (Å²) in [6.45, 7) is 1.83. The average molecular weight is 208 g/mol. The number of rotatable bonds is 4. The Bertz CT molecular complexity index is 350. The van der Waals surface area contributed by atoms with Crippen LogP contribution in [0.3, 0.4) is 0 Å². The standard InChI is InChI=1S/C11H16N2O2/c1-8(14)9-5-3-4-6-10(9)13(2)7-11(12)15/h3-6,8,14H,7H2,1-2H3,(H2,12,15). The molecular weight excluding hydrogens is 192 g/mol. The molecule has 15 heavy (non-hydrogen) atoms. The molecule has 0 bridgehead atoms. The Morgan fingerprint density at radius 3 is 2.67 bits per heavy atom. The SMILES string of the molecule is CC(O)c1ccccc1N(C)CC(N)=O. The second-order valence-electron chi connectivity index (χ2n) is 3.56. The summed E-state index contributed by atoms with van der Waals surface area (Å²) in [5, 5.41) is 9.54. The maximum absolute atomic E-state index is 10.8. The molecule has 4 nitrogen and oxygen atoms in total. The van der Waals surface area contributed by atoms with E-state index in [9.17, 15) is 9.90 Å². The van der Waals surface area contributed by atoms with Crippen LogP contribution in [0.25, 0.3) is 0 Å². The number of likely N-dealkylation sites (N-methyl/N-ethyl adjacent to an activating group) is 1. The van der Waals surface area contributed by atoms with E-state index in [1.807, 2.05) is 24.3 Å². The van der Waals surface area contributed by atoms with Gasteiger partial charge in [-0.25, -0.2) is 0 Å². The number of carbonyl (C=O) groups is 1. The Morgan fingerprint density at radius 2 is 2.13 bits per heavy atom. The van der Waals surface area contributed by atoms with Crippen LogP contribution in [0.5, 0.6) is 0 Å². The number of nitrogens with two attached hydrogens (primary N) is 1. The van der Waals surface area contributed by atoms with Crippen molar-refractivity contribution in [1.82, 2.24) is 0 Å². The van der Waals surface area contributed by atoms with Crippen molar-refractivity contribution in [3.63, 3.8) is 0 Å². The zero-order chi connectivity index (χ0) is 11.4. The molecule has 0 aromatic heterocycles. The van der Waals surface area contributed by atoms with Crippen LogP contribution < -0.4 is 10.6 Å². The summed E-state index contributed by atoms with van der Waals surface area (Å²) in [5.41, 5.74) is 6.73. The van der Waals surface area contributed by atoms with Crippen LogP contribution >= 0.6 is 0 Å². The first-order chi connectivity index (χ1) is 7.02. The van der Waals surface area contributed by atoms with Crippen LogP contribution in [0.1, 0.15) is 18.6 Å². The number of hydrogen-bond donors (Lipinski definition) is 2. The fraction of sp³-hybridized carbons (Fsp3) is 0.364. The lowest BCUT2D eigenvalue weighted by Crippen LogP contribution is -2.31. The van der Waals surface area contributed by atoms with E-state index in [4.69, 9.17) is 5.73 Å². The van der Waals surface area contributed by atoms with Gasteiger partial charge in [0.2, 0.25) is 5.91 Å². The summed E-state index contributed by atoms with van der Waals surface area (Å²) in [6, 6.07) is 7.39. The summed E-state index contributed by atoms with van der Waals surface area (Å²) >= 11 is 0. The smallest absolute Gasteiger partial charge is 0.236 e. The van der Waals surface area contributed by atoms with Gasteiger partial charge in [0.15, 0.2) is 0 Å². The van der Waals surface area contributed by atoms with Crippen LogP contribution in [0.2, 0.25) is 0 Å². The van der Waals surface area contributed by atoms with Gasteiger partial charge in [0.05, 0.1) is 12.6 Å². The van der Waals surface area contributed by atoms with Gasteiger partial charge < -0.3 is 15.7 Å². The summed E-state index contributed by atoms with van der Waals surface area (Å²) in [6.07, 6.45) is -0.559. The first-order valence-electron chi connectivity index (χ1n) is 4.78. The molecule has 3 N–H and O–H groups in total. The lowest BCUT2D eigenvalue weighted by molar-refractivity contribution is -0.116. The predicted octanol–water partition coefficient (Wildman–Crippen LogP) is 0.661. The highest BCUT2D eigenvalue weighted by molar-refractivity contribution is 5.79. The van der Waals surface area contributed by atoms with Gasteiger partial charge in [-0.3, -0.25) is 4.79 Å². The van der Waals surface area contributed by atoms with Crippen molar-refractivity contribution >= 4 is 11.6 Å². The number of amides is 1. The molecule has 1 rings (SSSR count). The third kappa shape index (κ3) is 2.95. The third-order valence-corrected chi connectivity index (χ3v) is 2.19. The Balaban J connectivity index is 2.97. The largest absolute Gasteiger partial charge is 0.389 e. The van der Waals surface area contributed by atoms with Crippen molar-refractivity contribution < 1.29 is 9.90 Å². The molecule has 0 aliphatic rings. The van der Waals surface area contributed by atoms with Gasteiger partial charge >= 0.3 is 0 Å². The fourth-order valence-electron chi connectivity index (χ4n) is 1.51. The quantitative estimate of drug-likeness (QED) is 0.764. The summed E-state index contributed by atoms with van der Waals surface area (Å²) in [4.78, 5) is 12.5. The molecule has 1 amide bonds. The molecule has 0 fully saturated rings. The highest BCUT2D eigenvalue weighted by Gasteiger charge is 2.11. The van der Waals surface area contributed by atoms with Crippen LogP contribution in [0.15, 0.2) is 24.3 Å². The second-order valence-corrected chi connectivity index (χ2v) is 3.56. The molecule has 0 heterocycles. The first kappa shape index (κ1) is 11.5. The minimum Gasteiger partial charge on any atom is -0.389 e. The molecule has 0 radical (unpaired) electrons. The maximum Gasteiger partial charge on any atom is 0.236 e. The van der Waals surface area contributed by atoms with Gasteiger partial charge in [-0.1, -0.05) is 18.2 Å². The van der Waals surface area contributed by atoms with Gasteiger partial charge in [-0.05, 0) is 13.0 Å². The van der Waals surface area contributed by atoms with Crippen LogP contribution in [0, 0.1) is 0 Å². The maximum atomic E-state index is 10.8. The van der Waals surface area contributed by atoms with Crippen molar-refractivity contribution in [3.05, 3.63) is 29.8 Å². The van der Waals surface area contributed by atoms with E-state index in [1.54, 1.807) is 18.9 Å². The van der Waals surface area contributed by atoms with Crippen molar-refractivity contribution in [3.8, 4) is 0 Å². The second kappa shape index (κ2) is 4.79. The van der Waals surface area contributed by atoms with Gasteiger partial charge in [-0.2, -0.15) is 0 Å². The zero-order valence-corrected chi connectivity index (χ0v) is 8.97. The number of aliphatic hydroxyl groups is 1. The van der Waals surface area contributed by atoms with Crippen molar-refractivity contribution in [1.29, 1.82) is 0 Å². The number of para-hydroxylation sites is 1. The van der Waals surface area contributed by atoms with E-state index in [2.05, 4.69) is 0 Å². The molecule has 4 heteroatoms. The van der Waals surface area contributed by atoms with Crippen molar-refractivity contribution in [2.24, 2.45) is 5.73 Å². The van der Waals surface area contributed by atoms with Gasteiger partial charge in [0.25, 0.3) is 0 Å². The van der Waals surface area contributed by atoms with Gasteiger partial charge in [0.1, 0.15) is 0 Å². The highest BCUT2D eigenvalue weighted by Crippen LogP contribution is 2.24. The molecule has 0 saturated carbocycles. The van der Waals surface area contributed by atoms with E-state index in [-0.39, 0.29) is 6.54 Å². The minimum absolute atomic E-state index is 0.143. The van der Waals surface area contributed by atoms with Crippen LogP contribution in [-0.2, 0) is 4.79 Å². The van der Waals surface area contributed by atoms with Gasteiger partial charge in [-0.15, -0.1) is 0 Å². The number of aliphatic hydroxyl groups excluding tert-OH is 1. The number of carbonyl (C=O) groups excluding carboxylic acids is 1. The molecular formula is C11H16N2O2. The number of hydrogen-bond acceptors (Lipinski definition) is 3. The Hall–Kier alpha value is -1.55. The number of nitrogens with zero attached hydrogens (tertiary/aromatic N) is 1. The number of benzene rings is 1. The number of primary amides is 1. The molecule has 0 saturated heterocycles. The van der Waals surface area contributed by atoms with Crippen molar-refractivity contribution in [2.45, 2.75) is 13.0 Å². The third-order valence-electron chi connectivity index (χ3n) is 2.19. The lowest BCUT2D eigenvalue weighted by atomic mass is 10.1. The number of anilines is 1. The minimum atomic E-state index is -0.559. The summed E-state index contributed by atoms with van der Waals surface area (Å²) < 4.78 is 0. The van der Waals surface area contributed by atoms with E-state index >= 15 is 0 Å². The zero-order valence-electron chi connectivity index (χ0n) is 8.97. The van der Waals surface area contributed by atoms with Crippen LogP contribution in [0.4, 0.5) is 5.69 Å². The summed E-state index contributed by atoms with van der Waals surface area (Å²) in [7, 11) is 1.77. The molecule has 1 aromatic carbocycles. The van der Waals surface area contributed by atoms with Gasteiger partial charge in [0, 0.05) is 18.3 Å². The molecule has 0 spiro atoms. The normalized spacial score (nSPS) is 12.2. The molecule has 1 aromatic rings. The molecule has 0 aliphatic heterocycles.